The van der Waals surface area contributed by atoms with Crippen LogP contribution in [0, 0.1) is 0 Å². The van der Waals surface area contributed by atoms with Crippen molar-refractivity contribution in [3.05, 3.63) is 12.2 Å². The highest BCUT2D eigenvalue weighted by Crippen LogP contribution is 2.47. The molecule has 0 radical (unpaired) electrons. The Balaban J connectivity index is 2.15. The Kier molecular flexibility index (Phi) is 50.2. The van der Waals surface area contributed by atoms with Crippen LogP contribution < -0.4 is 5.32 Å². The number of rotatable bonds is 57. The summed E-state index contributed by atoms with van der Waals surface area (Å²) in [5, 5.41) is 64.3. The van der Waals surface area contributed by atoms with Gasteiger partial charge in [0.05, 0.1) is 18.8 Å². The Bertz CT molecular complexity index is 1330. The van der Waals surface area contributed by atoms with E-state index in [4.69, 9.17) is 9.05 Å². The van der Waals surface area contributed by atoms with Gasteiger partial charge in [-0.25, -0.2) is 4.57 Å². The number of amides is 1. The second-order valence-electron chi connectivity index (χ2n) is 23.3. The molecule has 1 fully saturated rings. The van der Waals surface area contributed by atoms with E-state index in [1.54, 1.807) is 6.08 Å². The van der Waals surface area contributed by atoms with Gasteiger partial charge in [0.1, 0.15) is 36.6 Å². The fraction of sp³-hybridized carbons (Fsp3) is 0.952. The molecule has 1 saturated carbocycles. The zero-order valence-electron chi connectivity index (χ0n) is 49.3. The van der Waals surface area contributed by atoms with Crippen molar-refractivity contribution in [3.63, 3.8) is 0 Å². The molecule has 1 amide bonds. The van der Waals surface area contributed by atoms with Gasteiger partial charge in [-0.05, 0) is 19.3 Å². The van der Waals surface area contributed by atoms with Crippen LogP contribution in [0.25, 0.3) is 0 Å². The second kappa shape index (κ2) is 52.2. The molecule has 0 spiro atoms. The average Bonchev–Trinajstić information content (AvgIpc) is 3.41. The molecule has 0 aromatic rings. The summed E-state index contributed by atoms with van der Waals surface area (Å²) >= 11 is 0. The zero-order chi connectivity index (χ0) is 55.6. The molecule has 8 N–H and O–H groups in total. The predicted octanol–water partition coefficient (Wildman–Crippen LogP) is 15.9. The minimum Gasteiger partial charge on any atom is -0.387 e. The monoisotopic (exact) mass is 1100 g/mol. The maximum atomic E-state index is 13.1. The first-order valence-corrected chi connectivity index (χ1v) is 34.1. The number of carbonyl (C=O) groups excluding carboxylic acids is 1. The lowest BCUT2D eigenvalue weighted by Crippen LogP contribution is -2.64. The molecule has 76 heavy (non-hydrogen) atoms. The van der Waals surface area contributed by atoms with Crippen LogP contribution in [-0.2, 0) is 18.4 Å². The molecular weight excluding hydrogens is 978 g/mol. The van der Waals surface area contributed by atoms with Gasteiger partial charge in [-0.15, -0.1) is 0 Å². The Hall–Kier alpha value is -0.920. The summed E-state index contributed by atoms with van der Waals surface area (Å²) in [5.74, 6) is -0.333. The van der Waals surface area contributed by atoms with E-state index >= 15 is 0 Å². The molecule has 452 valence electrons. The number of phosphoric ester groups is 1. The van der Waals surface area contributed by atoms with Gasteiger partial charge in [0.25, 0.3) is 0 Å². The van der Waals surface area contributed by atoms with E-state index in [-0.39, 0.29) is 12.3 Å². The average molecular weight is 1100 g/mol. The van der Waals surface area contributed by atoms with Crippen LogP contribution in [0.3, 0.4) is 0 Å². The largest absolute Gasteiger partial charge is 0.472 e. The van der Waals surface area contributed by atoms with Gasteiger partial charge in [-0.1, -0.05) is 315 Å². The highest BCUT2D eigenvalue weighted by Gasteiger charge is 2.51. The zero-order valence-corrected chi connectivity index (χ0v) is 50.2. The number of hydrogen-bond acceptors (Lipinski definition) is 10. The molecule has 1 rings (SSSR count). The number of allylic oxidation sites excluding steroid dienone is 1. The standard InChI is InChI=1S/C63H124NO11P/c1-3-5-7-9-11-13-15-17-19-20-21-22-23-24-25-26-27-28-29-30-31-32-33-34-35-36-37-38-39-41-43-45-47-49-51-53-57(66)64-55(54-74-76(72,73)75-63-61(70)59(68)58(67)60(69)62(63)71)56(65)52-50-48-46-44-42-40-18-16-14-12-10-8-6-4-2/h50,52,55-56,58-63,65,67-71H,3-49,51,53-54H2,1-2H3,(H,64,66)(H,72,73)/b52-50+/t55-,56+,58?,59+,60?,61?,62?,63?/m0/s1. The van der Waals surface area contributed by atoms with Crippen LogP contribution in [0.5, 0.6) is 0 Å². The lowest BCUT2D eigenvalue weighted by Gasteiger charge is -2.41. The van der Waals surface area contributed by atoms with Crippen molar-refractivity contribution in [2.24, 2.45) is 0 Å². The molecule has 6 unspecified atom stereocenters. The van der Waals surface area contributed by atoms with Crippen molar-refractivity contribution in [1.29, 1.82) is 0 Å². The van der Waals surface area contributed by atoms with Gasteiger partial charge in [-0.3, -0.25) is 13.8 Å². The van der Waals surface area contributed by atoms with Crippen LogP contribution in [0.15, 0.2) is 12.2 Å². The van der Waals surface area contributed by atoms with E-state index in [0.717, 1.165) is 44.9 Å². The van der Waals surface area contributed by atoms with E-state index in [1.165, 1.54) is 257 Å². The maximum Gasteiger partial charge on any atom is 0.472 e. The number of phosphoric acid groups is 1. The molecule has 12 nitrogen and oxygen atoms in total. The normalized spacial score (nSPS) is 20.6. The molecule has 9 atom stereocenters. The number of hydrogen-bond donors (Lipinski definition) is 8. The number of aliphatic hydroxyl groups is 6. The lowest BCUT2D eigenvalue weighted by molar-refractivity contribution is -0.220. The van der Waals surface area contributed by atoms with Gasteiger partial charge >= 0.3 is 7.82 Å². The maximum absolute atomic E-state index is 13.1. The Morgan fingerprint density at radius 2 is 0.697 bits per heavy atom. The van der Waals surface area contributed by atoms with E-state index in [1.807, 2.05) is 6.08 Å². The van der Waals surface area contributed by atoms with Gasteiger partial charge < -0.3 is 40.8 Å². The highest BCUT2D eigenvalue weighted by atomic mass is 31.2. The van der Waals surface area contributed by atoms with Gasteiger partial charge in [0.15, 0.2) is 0 Å². The van der Waals surface area contributed by atoms with Crippen molar-refractivity contribution in [2.75, 3.05) is 6.61 Å². The molecular formula is C63H124NO11P. The summed E-state index contributed by atoms with van der Waals surface area (Å²) in [7, 11) is -5.08. The summed E-state index contributed by atoms with van der Waals surface area (Å²) in [6, 6.07) is -1.11. The fourth-order valence-electron chi connectivity index (χ4n) is 10.9. The van der Waals surface area contributed by atoms with E-state index < -0.39 is 63.2 Å². The molecule has 0 aliphatic heterocycles. The SMILES string of the molecule is CCCCCCCCCCCCCC/C=C/[C@@H](O)[C@H](COP(=O)(O)OC1C(O)C(O)C(O)[C@@H](O)C1O)NC(=O)CCCCCCCCCCCCCCCCCCCCCCCCCCCCCCCCCCCCC. The first kappa shape index (κ1) is 73.1. The van der Waals surface area contributed by atoms with Crippen molar-refractivity contribution in [1.82, 2.24) is 5.32 Å². The third-order valence-corrected chi connectivity index (χ3v) is 17.1. The number of carbonyl (C=O) groups is 1. The molecule has 0 aromatic carbocycles. The van der Waals surface area contributed by atoms with Crippen molar-refractivity contribution in [2.45, 2.75) is 377 Å². The second-order valence-corrected chi connectivity index (χ2v) is 24.7. The van der Waals surface area contributed by atoms with Crippen molar-refractivity contribution >= 4 is 13.7 Å². The van der Waals surface area contributed by atoms with E-state index in [2.05, 4.69) is 19.2 Å². The van der Waals surface area contributed by atoms with Crippen LogP contribution in [0.2, 0.25) is 0 Å². The first-order valence-electron chi connectivity index (χ1n) is 32.6. The minimum absolute atomic E-state index is 0.220. The van der Waals surface area contributed by atoms with Crippen LogP contribution in [0.1, 0.15) is 328 Å². The quantitative estimate of drug-likeness (QED) is 0.0163. The third kappa shape index (κ3) is 42.0. The Morgan fingerprint density at radius 3 is 1.00 bits per heavy atom. The molecule has 0 heterocycles. The minimum atomic E-state index is -5.08. The molecule has 1 aliphatic carbocycles. The molecule has 1 aliphatic rings. The lowest BCUT2D eigenvalue weighted by atomic mass is 9.85. The fourth-order valence-corrected chi connectivity index (χ4v) is 11.8. The highest BCUT2D eigenvalue weighted by molar-refractivity contribution is 7.47. The summed E-state index contributed by atoms with van der Waals surface area (Å²) in [6.07, 6.45) is 53.3. The summed E-state index contributed by atoms with van der Waals surface area (Å²) in [5.41, 5.74) is 0. The molecule has 0 bridgehead atoms. The van der Waals surface area contributed by atoms with Crippen LogP contribution >= 0.6 is 7.82 Å². The Labute approximate surface area is 467 Å². The number of nitrogens with one attached hydrogen (secondary N) is 1. The number of unbranched alkanes of at least 4 members (excludes halogenated alkanes) is 46. The predicted molar refractivity (Wildman–Crippen MR) is 315 cm³/mol. The molecule has 0 aromatic heterocycles. The van der Waals surface area contributed by atoms with Crippen LogP contribution in [-0.4, -0.2) is 96.8 Å². The molecule has 0 saturated heterocycles. The van der Waals surface area contributed by atoms with Crippen molar-refractivity contribution < 1.29 is 53.9 Å². The summed E-state index contributed by atoms with van der Waals surface area (Å²) in [4.78, 5) is 23.6. The van der Waals surface area contributed by atoms with Crippen LogP contribution in [0.4, 0.5) is 0 Å². The van der Waals surface area contributed by atoms with Crippen molar-refractivity contribution in [3.8, 4) is 0 Å². The van der Waals surface area contributed by atoms with Gasteiger partial charge in [0, 0.05) is 6.42 Å². The first-order chi connectivity index (χ1) is 36.9. The third-order valence-electron chi connectivity index (χ3n) is 16.1. The summed E-state index contributed by atoms with van der Waals surface area (Å²) in [6.45, 7) is 3.89. The molecule has 13 heteroatoms. The number of aliphatic hydroxyl groups excluding tert-OH is 6. The van der Waals surface area contributed by atoms with E-state index in [0.29, 0.717) is 6.42 Å². The smallest absolute Gasteiger partial charge is 0.387 e. The topological polar surface area (TPSA) is 206 Å². The van der Waals surface area contributed by atoms with Gasteiger partial charge in [0.2, 0.25) is 5.91 Å². The van der Waals surface area contributed by atoms with E-state index in [9.17, 15) is 44.9 Å². The summed E-state index contributed by atoms with van der Waals surface area (Å²) < 4.78 is 23.1. The van der Waals surface area contributed by atoms with Gasteiger partial charge in [-0.2, -0.15) is 0 Å². The Morgan fingerprint density at radius 1 is 0.434 bits per heavy atom.